The Hall–Kier alpha value is -1.31. The molecule has 0 spiro atoms. The predicted molar refractivity (Wildman–Crippen MR) is 51.3 cm³/mol. The number of carbonyl (C=O) groups is 2. The quantitative estimate of drug-likeness (QED) is 0.657. The van der Waals surface area contributed by atoms with Gasteiger partial charge in [-0.05, 0) is 19.8 Å². The average Bonchev–Trinajstić information content (AvgIpc) is 2.95. The fraction of sp³-hybridized carbons (Fsp3) is 0.778. The lowest BCUT2D eigenvalue weighted by Gasteiger charge is -2.28. The van der Waals surface area contributed by atoms with Crippen LogP contribution in [0.3, 0.4) is 0 Å². The van der Waals surface area contributed by atoms with Crippen LogP contribution in [0.1, 0.15) is 19.8 Å². The fourth-order valence-corrected chi connectivity index (χ4v) is 1.06. The van der Waals surface area contributed by atoms with Gasteiger partial charge in [-0.3, -0.25) is 10.1 Å². The third-order valence-electron chi connectivity index (χ3n) is 2.54. The van der Waals surface area contributed by atoms with Crippen molar-refractivity contribution in [3.05, 3.63) is 0 Å². The van der Waals surface area contributed by atoms with Crippen LogP contribution in [0.5, 0.6) is 0 Å². The van der Waals surface area contributed by atoms with E-state index in [9.17, 15) is 22.8 Å². The van der Waals surface area contributed by atoms with Gasteiger partial charge in [-0.15, -0.1) is 0 Å². The first kappa shape index (κ1) is 13.8. The van der Waals surface area contributed by atoms with Gasteiger partial charge in [0.25, 0.3) is 0 Å². The Labute approximate surface area is 95.4 Å². The Kier molecular flexibility index (Phi) is 3.65. The van der Waals surface area contributed by atoms with Crippen molar-refractivity contribution < 1.29 is 27.9 Å². The van der Waals surface area contributed by atoms with Crippen LogP contribution >= 0.6 is 0 Å². The van der Waals surface area contributed by atoms with E-state index in [-0.39, 0.29) is 6.04 Å². The summed E-state index contributed by atoms with van der Waals surface area (Å²) in [5.41, 5.74) is -3.12. The van der Waals surface area contributed by atoms with Crippen molar-refractivity contribution in [1.82, 2.24) is 10.6 Å². The van der Waals surface area contributed by atoms with Gasteiger partial charge in [-0.25, -0.2) is 4.79 Å². The molecule has 1 atom stereocenters. The van der Waals surface area contributed by atoms with Crippen LogP contribution in [-0.4, -0.2) is 41.3 Å². The first-order valence-corrected chi connectivity index (χ1v) is 5.01. The summed E-state index contributed by atoms with van der Waals surface area (Å²) in [6.07, 6.45) is -3.36. The average molecular weight is 254 g/mol. The number of carboxylic acid groups (broad SMARTS) is 1. The molecule has 0 aliphatic heterocycles. The third kappa shape index (κ3) is 3.32. The summed E-state index contributed by atoms with van der Waals surface area (Å²) < 4.78 is 37.5. The van der Waals surface area contributed by atoms with Gasteiger partial charge in [-0.2, -0.15) is 13.2 Å². The Morgan fingerprint density at radius 1 is 1.35 bits per heavy atom. The van der Waals surface area contributed by atoms with Crippen LogP contribution in [-0.2, 0) is 9.59 Å². The van der Waals surface area contributed by atoms with Gasteiger partial charge in [-0.1, -0.05) is 0 Å². The second kappa shape index (κ2) is 4.52. The molecule has 17 heavy (non-hydrogen) atoms. The first-order valence-electron chi connectivity index (χ1n) is 5.01. The molecule has 8 heteroatoms. The van der Waals surface area contributed by atoms with Crippen molar-refractivity contribution in [1.29, 1.82) is 0 Å². The van der Waals surface area contributed by atoms with Gasteiger partial charge < -0.3 is 10.4 Å². The first-order chi connectivity index (χ1) is 7.67. The minimum absolute atomic E-state index is 0.0197. The van der Waals surface area contributed by atoms with Crippen LogP contribution < -0.4 is 10.6 Å². The summed E-state index contributed by atoms with van der Waals surface area (Å²) >= 11 is 0. The molecule has 0 bridgehead atoms. The molecule has 1 saturated carbocycles. The van der Waals surface area contributed by atoms with E-state index in [1.165, 1.54) is 0 Å². The van der Waals surface area contributed by atoms with Crippen molar-refractivity contribution in [2.75, 3.05) is 6.54 Å². The number of carboxylic acids is 1. The summed E-state index contributed by atoms with van der Waals surface area (Å²) in [5.74, 6) is -2.70. The maximum Gasteiger partial charge on any atom is 0.417 e. The molecular formula is C9H13F3N2O3. The highest BCUT2D eigenvalue weighted by Gasteiger charge is 2.57. The molecule has 1 aliphatic carbocycles. The Bertz CT molecular complexity index is 328. The normalized spacial score (nSPS) is 19.5. The van der Waals surface area contributed by atoms with Crippen molar-refractivity contribution in [2.45, 2.75) is 37.5 Å². The van der Waals surface area contributed by atoms with Crippen molar-refractivity contribution >= 4 is 11.9 Å². The van der Waals surface area contributed by atoms with Crippen molar-refractivity contribution in [3.8, 4) is 0 Å². The summed E-state index contributed by atoms with van der Waals surface area (Å²) in [4.78, 5) is 21.8. The monoisotopic (exact) mass is 254 g/mol. The summed E-state index contributed by atoms with van der Waals surface area (Å²) in [7, 11) is 0. The van der Waals surface area contributed by atoms with E-state index in [0.29, 0.717) is 6.92 Å². The van der Waals surface area contributed by atoms with Crippen LogP contribution in [0.2, 0.25) is 0 Å². The van der Waals surface area contributed by atoms with Crippen LogP contribution in [0.25, 0.3) is 0 Å². The topological polar surface area (TPSA) is 78.4 Å². The molecule has 0 aromatic carbocycles. The molecule has 0 aromatic heterocycles. The van der Waals surface area contributed by atoms with E-state index in [2.05, 4.69) is 5.32 Å². The SMILES string of the molecule is CC(NCC(=O)NC1CC1)(C(=O)O)C(F)(F)F. The molecule has 0 aromatic rings. The van der Waals surface area contributed by atoms with Crippen molar-refractivity contribution in [3.63, 3.8) is 0 Å². The van der Waals surface area contributed by atoms with E-state index >= 15 is 0 Å². The number of halogens is 3. The zero-order valence-electron chi connectivity index (χ0n) is 9.10. The molecule has 0 heterocycles. The Morgan fingerprint density at radius 2 is 1.88 bits per heavy atom. The molecule has 98 valence electrons. The number of rotatable bonds is 5. The molecule has 3 N–H and O–H groups in total. The lowest BCUT2D eigenvalue weighted by molar-refractivity contribution is -0.205. The van der Waals surface area contributed by atoms with E-state index < -0.39 is 30.1 Å². The minimum Gasteiger partial charge on any atom is -0.480 e. The smallest absolute Gasteiger partial charge is 0.417 e. The van der Waals surface area contributed by atoms with E-state index in [1.54, 1.807) is 5.32 Å². The number of alkyl halides is 3. The van der Waals surface area contributed by atoms with Gasteiger partial charge >= 0.3 is 12.1 Å². The number of hydrogen-bond acceptors (Lipinski definition) is 3. The maximum absolute atomic E-state index is 12.5. The number of amides is 1. The Balaban J connectivity index is 2.55. The van der Waals surface area contributed by atoms with E-state index in [4.69, 9.17) is 5.11 Å². The molecule has 1 amide bonds. The van der Waals surface area contributed by atoms with Gasteiger partial charge in [0.05, 0.1) is 6.54 Å². The second-order valence-electron chi connectivity index (χ2n) is 4.12. The summed E-state index contributed by atoms with van der Waals surface area (Å²) in [5, 5.41) is 12.7. The summed E-state index contributed by atoms with van der Waals surface area (Å²) in [6.45, 7) is -0.196. The molecule has 1 unspecified atom stereocenters. The van der Waals surface area contributed by atoms with Gasteiger partial charge in [0.1, 0.15) is 0 Å². The fourth-order valence-electron chi connectivity index (χ4n) is 1.06. The van der Waals surface area contributed by atoms with Crippen LogP contribution in [0, 0.1) is 0 Å². The van der Waals surface area contributed by atoms with Gasteiger partial charge in [0.2, 0.25) is 11.4 Å². The lowest BCUT2D eigenvalue weighted by atomic mass is 10.0. The molecule has 0 radical (unpaired) electrons. The highest BCUT2D eigenvalue weighted by molar-refractivity contribution is 5.82. The Morgan fingerprint density at radius 3 is 2.24 bits per heavy atom. The number of aliphatic carboxylic acids is 1. The summed E-state index contributed by atoms with van der Waals surface area (Å²) in [6, 6.07) is 0.0197. The lowest BCUT2D eigenvalue weighted by Crippen LogP contribution is -2.61. The second-order valence-corrected chi connectivity index (χ2v) is 4.12. The third-order valence-corrected chi connectivity index (χ3v) is 2.54. The standard InChI is InChI=1S/C9H13F3N2O3/c1-8(7(16)17,9(10,11)12)13-4-6(15)14-5-2-3-5/h5,13H,2-4H2,1H3,(H,14,15)(H,16,17). The van der Waals surface area contributed by atoms with Crippen molar-refractivity contribution in [2.24, 2.45) is 0 Å². The molecule has 1 aliphatic rings. The van der Waals surface area contributed by atoms with Crippen LogP contribution in [0.15, 0.2) is 0 Å². The number of hydrogen-bond donors (Lipinski definition) is 3. The highest BCUT2D eigenvalue weighted by Crippen LogP contribution is 2.30. The molecule has 0 saturated heterocycles. The largest absolute Gasteiger partial charge is 0.480 e. The number of carbonyl (C=O) groups excluding carboxylic acids is 1. The minimum atomic E-state index is -4.97. The van der Waals surface area contributed by atoms with E-state index in [0.717, 1.165) is 12.8 Å². The zero-order chi connectivity index (χ0) is 13.3. The van der Waals surface area contributed by atoms with Gasteiger partial charge in [0.15, 0.2) is 0 Å². The molecule has 1 fully saturated rings. The number of nitrogens with one attached hydrogen (secondary N) is 2. The van der Waals surface area contributed by atoms with E-state index in [1.807, 2.05) is 0 Å². The zero-order valence-corrected chi connectivity index (χ0v) is 9.10. The highest BCUT2D eigenvalue weighted by atomic mass is 19.4. The predicted octanol–water partition coefficient (Wildman–Crippen LogP) is 0.260. The molecule has 1 rings (SSSR count). The molecular weight excluding hydrogens is 241 g/mol. The van der Waals surface area contributed by atoms with Gasteiger partial charge in [0, 0.05) is 6.04 Å². The maximum atomic E-state index is 12.5. The molecule has 5 nitrogen and oxygen atoms in total. The van der Waals surface area contributed by atoms with Crippen LogP contribution in [0.4, 0.5) is 13.2 Å².